The molecule has 0 aliphatic carbocycles. The van der Waals surface area contributed by atoms with Crippen LogP contribution >= 0.6 is 0 Å². The topological polar surface area (TPSA) is 26.3 Å². The van der Waals surface area contributed by atoms with Crippen LogP contribution in [0.25, 0.3) is 0 Å². The largest absolute Gasteiger partial charge is 0.461 e. The number of rotatable bonds is 4. The first-order chi connectivity index (χ1) is 5.02. The summed E-state index contributed by atoms with van der Waals surface area (Å²) in [5.74, 6) is -0.236. The standard InChI is InChI=1S/C9H14O2/c1-7(2)5-9(10)11-6-8(3)4/h1,3,5-6H2,2,4H3. The molecule has 0 fully saturated rings. The van der Waals surface area contributed by atoms with Crippen LogP contribution in [0, 0.1) is 0 Å². The van der Waals surface area contributed by atoms with Gasteiger partial charge in [-0.1, -0.05) is 18.7 Å². The van der Waals surface area contributed by atoms with Crippen molar-refractivity contribution in [3.63, 3.8) is 0 Å². The van der Waals surface area contributed by atoms with E-state index < -0.39 is 0 Å². The molecule has 0 bridgehead atoms. The van der Waals surface area contributed by atoms with E-state index in [2.05, 4.69) is 13.2 Å². The minimum Gasteiger partial charge on any atom is -0.461 e. The molecule has 62 valence electrons. The number of carbonyl (C=O) groups is 1. The Morgan fingerprint density at radius 1 is 1.27 bits per heavy atom. The second-order valence-electron chi connectivity index (χ2n) is 2.75. The maximum Gasteiger partial charge on any atom is 0.310 e. The third-order valence-corrected chi connectivity index (χ3v) is 0.926. The Labute approximate surface area is 67.6 Å². The lowest BCUT2D eigenvalue weighted by Crippen LogP contribution is -2.05. The van der Waals surface area contributed by atoms with Crippen molar-refractivity contribution in [2.75, 3.05) is 6.61 Å². The van der Waals surface area contributed by atoms with E-state index in [-0.39, 0.29) is 5.97 Å². The maximum absolute atomic E-state index is 10.8. The minimum atomic E-state index is -0.236. The first-order valence-corrected chi connectivity index (χ1v) is 3.46. The summed E-state index contributed by atoms with van der Waals surface area (Å²) in [5, 5.41) is 0. The Balaban J connectivity index is 3.53. The van der Waals surface area contributed by atoms with Gasteiger partial charge in [-0.25, -0.2) is 0 Å². The van der Waals surface area contributed by atoms with E-state index in [1.54, 1.807) is 6.92 Å². The predicted molar refractivity (Wildman–Crippen MR) is 45.2 cm³/mol. The fourth-order valence-corrected chi connectivity index (χ4v) is 0.501. The molecule has 0 saturated heterocycles. The molecule has 0 saturated carbocycles. The summed E-state index contributed by atoms with van der Waals surface area (Å²) in [4.78, 5) is 10.8. The van der Waals surface area contributed by atoms with E-state index in [0.717, 1.165) is 11.1 Å². The van der Waals surface area contributed by atoms with E-state index in [9.17, 15) is 4.79 Å². The van der Waals surface area contributed by atoms with Crippen LogP contribution in [0.4, 0.5) is 0 Å². The molecule has 0 amide bonds. The monoisotopic (exact) mass is 154 g/mol. The van der Waals surface area contributed by atoms with E-state index in [1.807, 2.05) is 6.92 Å². The zero-order valence-electron chi connectivity index (χ0n) is 7.14. The highest BCUT2D eigenvalue weighted by atomic mass is 16.5. The fraction of sp³-hybridized carbons (Fsp3) is 0.444. The highest BCUT2D eigenvalue weighted by Crippen LogP contribution is 1.98. The Kier molecular flexibility index (Phi) is 4.27. The van der Waals surface area contributed by atoms with Crippen LogP contribution in [-0.2, 0) is 9.53 Å². The lowest BCUT2D eigenvalue weighted by atomic mass is 10.2. The van der Waals surface area contributed by atoms with Gasteiger partial charge in [-0.15, -0.1) is 0 Å². The molecule has 11 heavy (non-hydrogen) atoms. The molecular formula is C9H14O2. The molecule has 0 aromatic heterocycles. The van der Waals surface area contributed by atoms with Gasteiger partial charge >= 0.3 is 5.97 Å². The van der Waals surface area contributed by atoms with Crippen molar-refractivity contribution in [3.8, 4) is 0 Å². The number of carbonyl (C=O) groups excluding carboxylic acids is 1. The summed E-state index contributed by atoms with van der Waals surface area (Å²) in [5.41, 5.74) is 1.66. The van der Waals surface area contributed by atoms with Crippen molar-refractivity contribution in [1.82, 2.24) is 0 Å². The summed E-state index contributed by atoms with van der Waals surface area (Å²) >= 11 is 0. The smallest absolute Gasteiger partial charge is 0.310 e. The van der Waals surface area contributed by atoms with Gasteiger partial charge in [0.25, 0.3) is 0 Å². The van der Waals surface area contributed by atoms with Crippen LogP contribution in [0.3, 0.4) is 0 Å². The first-order valence-electron chi connectivity index (χ1n) is 3.46. The Bertz CT molecular complexity index is 180. The molecule has 0 aliphatic heterocycles. The summed E-state index contributed by atoms with van der Waals surface area (Å²) < 4.78 is 4.81. The highest BCUT2D eigenvalue weighted by Gasteiger charge is 2.01. The van der Waals surface area contributed by atoms with E-state index in [1.165, 1.54) is 0 Å². The number of hydrogen-bond acceptors (Lipinski definition) is 2. The first kappa shape index (κ1) is 9.95. The van der Waals surface area contributed by atoms with Crippen molar-refractivity contribution in [2.24, 2.45) is 0 Å². The molecular weight excluding hydrogens is 140 g/mol. The van der Waals surface area contributed by atoms with Crippen molar-refractivity contribution >= 4 is 5.97 Å². The molecule has 2 heteroatoms. The van der Waals surface area contributed by atoms with Crippen LogP contribution in [0.1, 0.15) is 20.3 Å². The molecule has 0 aromatic rings. The molecule has 2 nitrogen and oxygen atoms in total. The average molecular weight is 154 g/mol. The Morgan fingerprint density at radius 2 is 1.82 bits per heavy atom. The minimum absolute atomic E-state index is 0.236. The van der Waals surface area contributed by atoms with Crippen molar-refractivity contribution in [1.29, 1.82) is 0 Å². The highest BCUT2D eigenvalue weighted by molar-refractivity contribution is 5.72. The van der Waals surface area contributed by atoms with Gasteiger partial charge in [0.05, 0.1) is 6.42 Å². The fourth-order valence-electron chi connectivity index (χ4n) is 0.501. The number of esters is 1. The van der Waals surface area contributed by atoms with Crippen LogP contribution in [-0.4, -0.2) is 12.6 Å². The summed E-state index contributed by atoms with van der Waals surface area (Å²) in [6.45, 7) is 11.1. The van der Waals surface area contributed by atoms with Gasteiger partial charge in [-0.3, -0.25) is 4.79 Å². The average Bonchev–Trinajstić information content (AvgIpc) is 1.82. The van der Waals surface area contributed by atoms with E-state index >= 15 is 0 Å². The van der Waals surface area contributed by atoms with Gasteiger partial charge in [0, 0.05) is 0 Å². The molecule has 0 atom stereocenters. The molecule has 0 N–H and O–H groups in total. The number of hydrogen-bond donors (Lipinski definition) is 0. The molecule has 0 spiro atoms. The Morgan fingerprint density at radius 3 is 2.18 bits per heavy atom. The lowest BCUT2D eigenvalue weighted by Gasteiger charge is -2.02. The van der Waals surface area contributed by atoms with Gasteiger partial charge in [0.15, 0.2) is 0 Å². The second-order valence-corrected chi connectivity index (χ2v) is 2.75. The van der Waals surface area contributed by atoms with Gasteiger partial charge in [0.2, 0.25) is 0 Å². The van der Waals surface area contributed by atoms with E-state index in [4.69, 9.17) is 4.74 Å². The van der Waals surface area contributed by atoms with Crippen LogP contribution < -0.4 is 0 Å². The summed E-state index contributed by atoms with van der Waals surface area (Å²) in [6, 6.07) is 0. The van der Waals surface area contributed by atoms with Gasteiger partial charge in [-0.2, -0.15) is 0 Å². The molecule has 0 aromatic carbocycles. The summed E-state index contributed by atoms with van der Waals surface area (Å²) in [6.07, 6.45) is 0.299. The van der Waals surface area contributed by atoms with Crippen LogP contribution in [0.5, 0.6) is 0 Å². The third kappa shape index (κ3) is 6.84. The van der Waals surface area contributed by atoms with Crippen LogP contribution in [0.15, 0.2) is 24.3 Å². The second kappa shape index (κ2) is 4.72. The molecule has 0 aliphatic rings. The normalized spacial score (nSPS) is 8.91. The van der Waals surface area contributed by atoms with Gasteiger partial charge < -0.3 is 4.74 Å². The van der Waals surface area contributed by atoms with Crippen molar-refractivity contribution in [3.05, 3.63) is 24.3 Å². The van der Waals surface area contributed by atoms with Crippen molar-refractivity contribution < 1.29 is 9.53 Å². The van der Waals surface area contributed by atoms with E-state index in [0.29, 0.717) is 13.0 Å². The van der Waals surface area contributed by atoms with Crippen LogP contribution in [0.2, 0.25) is 0 Å². The lowest BCUT2D eigenvalue weighted by molar-refractivity contribution is -0.141. The third-order valence-electron chi connectivity index (χ3n) is 0.926. The zero-order valence-corrected chi connectivity index (χ0v) is 7.14. The molecule has 0 rings (SSSR count). The SMILES string of the molecule is C=C(C)COC(=O)CC(=C)C. The molecule has 0 radical (unpaired) electrons. The summed E-state index contributed by atoms with van der Waals surface area (Å²) in [7, 11) is 0. The van der Waals surface area contributed by atoms with Gasteiger partial charge in [-0.05, 0) is 19.4 Å². The molecule has 0 heterocycles. The zero-order chi connectivity index (χ0) is 8.85. The Hall–Kier alpha value is -1.05. The molecule has 0 unspecified atom stereocenters. The van der Waals surface area contributed by atoms with Gasteiger partial charge in [0.1, 0.15) is 6.61 Å². The van der Waals surface area contributed by atoms with Crippen molar-refractivity contribution in [2.45, 2.75) is 20.3 Å². The quantitative estimate of drug-likeness (QED) is 0.457. The predicted octanol–water partition coefficient (Wildman–Crippen LogP) is 2.07. The number of ether oxygens (including phenoxy) is 1. The maximum atomic E-state index is 10.8.